The molecular formula is C10H13BrOS. The van der Waals surface area contributed by atoms with Crippen molar-refractivity contribution in [3.63, 3.8) is 0 Å². The second-order valence-electron chi connectivity index (χ2n) is 2.99. The van der Waals surface area contributed by atoms with Gasteiger partial charge in [-0.2, -0.15) is 0 Å². The minimum Gasteiger partial charge on any atom is -0.376 e. The molecule has 3 heteroatoms. The third kappa shape index (κ3) is 4.60. The lowest BCUT2D eigenvalue weighted by molar-refractivity contribution is 0.126. The van der Waals surface area contributed by atoms with Crippen molar-refractivity contribution in [1.82, 2.24) is 0 Å². The molecule has 0 radical (unpaired) electrons. The average molecular weight is 261 g/mol. The Bertz CT molecular complexity index is 280. The van der Waals surface area contributed by atoms with E-state index in [1.54, 1.807) is 11.3 Å². The summed E-state index contributed by atoms with van der Waals surface area (Å²) < 4.78 is 6.61. The molecule has 72 valence electrons. The Balaban J connectivity index is 2.16. The number of hydrogen-bond donors (Lipinski definition) is 0. The molecule has 0 aromatic carbocycles. The minimum absolute atomic E-state index is 0.712. The first-order valence-electron chi connectivity index (χ1n) is 4.13. The number of ether oxygens (including phenoxy) is 1. The monoisotopic (exact) mass is 260 g/mol. The summed E-state index contributed by atoms with van der Waals surface area (Å²) >= 11 is 5.12. The number of thiophene rings is 1. The van der Waals surface area contributed by atoms with Crippen molar-refractivity contribution in [2.45, 2.75) is 20.0 Å². The van der Waals surface area contributed by atoms with E-state index >= 15 is 0 Å². The first-order chi connectivity index (χ1) is 6.18. The van der Waals surface area contributed by atoms with Crippen LogP contribution < -0.4 is 0 Å². The van der Waals surface area contributed by atoms with Crippen LogP contribution in [0.3, 0.4) is 0 Å². The number of rotatable bonds is 5. The molecule has 1 nitrogen and oxygen atoms in total. The van der Waals surface area contributed by atoms with Gasteiger partial charge in [-0.3, -0.25) is 0 Å². The normalized spacial score (nSPS) is 10.3. The molecule has 13 heavy (non-hydrogen) atoms. The molecule has 0 amide bonds. The predicted molar refractivity (Wildman–Crippen MR) is 61.1 cm³/mol. The largest absolute Gasteiger partial charge is 0.376 e. The predicted octanol–water partition coefficient (Wildman–Crippen LogP) is 3.99. The van der Waals surface area contributed by atoms with Crippen LogP contribution in [0.2, 0.25) is 0 Å². The average Bonchev–Trinajstić information content (AvgIpc) is 2.45. The van der Waals surface area contributed by atoms with Gasteiger partial charge in [0.05, 0.1) is 13.2 Å². The van der Waals surface area contributed by atoms with Crippen LogP contribution in [0.15, 0.2) is 28.1 Å². The number of hydrogen-bond acceptors (Lipinski definition) is 2. The van der Waals surface area contributed by atoms with E-state index in [2.05, 4.69) is 34.0 Å². The summed E-state index contributed by atoms with van der Waals surface area (Å²) in [7, 11) is 0. The summed E-state index contributed by atoms with van der Waals surface area (Å²) in [5.74, 6) is 0. The van der Waals surface area contributed by atoms with Crippen molar-refractivity contribution < 1.29 is 4.74 Å². The van der Waals surface area contributed by atoms with E-state index < -0.39 is 0 Å². The summed E-state index contributed by atoms with van der Waals surface area (Å²) in [4.78, 5) is 1.26. The maximum absolute atomic E-state index is 5.47. The maximum atomic E-state index is 5.47. The van der Waals surface area contributed by atoms with Gasteiger partial charge in [-0.1, -0.05) is 5.57 Å². The molecule has 0 aliphatic carbocycles. The molecule has 0 fully saturated rings. The molecule has 0 N–H and O–H groups in total. The molecular weight excluding hydrogens is 248 g/mol. The molecule has 0 aliphatic heterocycles. The van der Waals surface area contributed by atoms with Crippen molar-refractivity contribution in [3.8, 4) is 0 Å². The van der Waals surface area contributed by atoms with E-state index in [9.17, 15) is 0 Å². The highest BCUT2D eigenvalue weighted by Crippen LogP contribution is 2.20. The third-order valence-corrected chi connectivity index (χ3v) is 3.21. The first kappa shape index (κ1) is 11.0. The smallest absolute Gasteiger partial charge is 0.0809 e. The molecule has 1 aromatic rings. The van der Waals surface area contributed by atoms with E-state index in [1.807, 2.05) is 6.92 Å². The standard InChI is InChI=1S/C10H13BrOS/c1-8(2)3-4-12-6-10-5-9(11)7-13-10/h5,7H,1,3-4,6H2,2H3. The zero-order valence-electron chi connectivity index (χ0n) is 7.68. The summed E-state index contributed by atoms with van der Waals surface area (Å²) in [6.45, 7) is 7.32. The fourth-order valence-corrected chi connectivity index (χ4v) is 2.24. The molecule has 0 atom stereocenters. The second-order valence-corrected chi connectivity index (χ2v) is 4.90. The SMILES string of the molecule is C=C(C)CCOCc1cc(Br)cs1. The summed E-state index contributed by atoms with van der Waals surface area (Å²) in [5, 5.41) is 2.07. The Morgan fingerprint density at radius 3 is 3.00 bits per heavy atom. The Morgan fingerprint density at radius 2 is 2.46 bits per heavy atom. The van der Waals surface area contributed by atoms with Crippen LogP contribution in [0.5, 0.6) is 0 Å². The van der Waals surface area contributed by atoms with Crippen LogP contribution in [0.4, 0.5) is 0 Å². The van der Waals surface area contributed by atoms with Gasteiger partial charge in [0, 0.05) is 14.7 Å². The van der Waals surface area contributed by atoms with Gasteiger partial charge in [0.25, 0.3) is 0 Å². The lowest BCUT2D eigenvalue weighted by Gasteiger charge is -2.01. The molecule has 0 unspecified atom stereocenters. The van der Waals surface area contributed by atoms with Crippen molar-refractivity contribution in [1.29, 1.82) is 0 Å². The Labute approximate surface area is 91.6 Å². The fraction of sp³-hybridized carbons (Fsp3) is 0.400. The fourth-order valence-electron chi connectivity index (χ4n) is 0.849. The van der Waals surface area contributed by atoms with Crippen LogP contribution in [-0.4, -0.2) is 6.61 Å². The summed E-state index contributed by atoms with van der Waals surface area (Å²) in [5.41, 5.74) is 1.17. The Morgan fingerprint density at radius 1 is 1.69 bits per heavy atom. The lowest BCUT2D eigenvalue weighted by atomic mass is 10.3. The quantitative estimate of drug-likeness (QED) is 0.575. The maximum Gasteiger partial charge on any atom is 0.0809 e. The van der Waals surface area contributed by atoms with Crippen molar-refractivity contribution >= 4 is 27.3 Å². The molecule has 0 saturated heterocycles. The second kappa shape index (κ2) is 5.58. The molecule has 1 heterocycles. The summed E-state index contributed by atoms with van der Waals surface area (Å²) in [6.07, 6.45) is 0.951. The number of halogens is 1. The van der Waals surface area contributed by atoms with Crippen LogP contribution in [0.1, 0.15) is 18.2 Å². The lowest BCUT2D eigenvalue weighted by Crippen LogP contribution is -1.93. The van der Waals surface area contributed by atoms with E-state index in [0.717, 1.165) is 17.5 Å². The van der Waals surface area contributed by atoms with Crippen LogP contribution in [-0.2, 0) is 11.3 Å². The van der Waals surface area contributed by atoms with Gasteiger partial charge in [-0.05, 0) is 35.3 Å². The topological polar surface area (TPSA) is 9.23 Å². The highest BCUT2D eigenvalue weighted by molar-refractivity contribution is 9.10. The molecule has 0 spiro atoms. The zero-order chi connectivity index (χ0) is 9.68. The van der Waals surface area contributed by atoms with Crippen molar-refractivity contribution in [2.75, 3.05) is 6.61 Å². The Hall–Kier alpha value is -0.120. The minimum atomic E-state index is 0.712. The van der Waals surface area contributed by atoms with Gasteiger partial charge in [-0.25, -0.2) is 0 Å². The van der Waals surface area contributed by atoms with Gasteiger partial charge in [0.1, 0.15) is 0 Å². The van der Waals surface area contributed by atoms with E-state index in [1.165, 1.54) is 10.5 Å². The van der Waals surface area contributed by atoms with Crippen LogP contribution in [0, 0.1) is 0 Å². The van der Waals surface area contributed by atoms with Crippen molar-refractivity contribution in [3.05, 3.63) is 32.9 Å². The molecule has 0 saturated carbocycles. The molecule has 0 aliphatic rings. The Kier molecular flexibility index (Phi) is 4.70. The molecule has 1 rings (SSSR count). The van der Waals surface area contributed by atoms with E-state index in [0.29, 0.717) is 6.61 Å². The van der Waals surface area contributed by atoms with Gasteiger partial charge in [-0.15, -0.1) is 17.9 Å². The highest BCUT2D eigenvalue weighted by Gasteiger charge is 1.97. The van der Waals surface area contributed by atoms with Gasteiger partial charge >= 0.3 is 0 Å². The zero-order valence-corrected chi connectivity index (χ0v) is 10.1. The van der Waals surface area contributed by atoms with Crippen molar-refractivity contribution in [2.24, 2.45) is 0 Å². The third-order valence-electron chi connectivity index (χ3n) is 1.54. The summed E-state index contributed by atoms with van der Waals surface area (Å²) in [6, 6.07) is 2.09. The van der Waals surface area contributed by atoms with Gasteiger partial charge in [0.15, 0.2) is 0 Å². The van der Waals surface area contributed by atoms with E-state index in [-0.39, 0.29) is 0 Å². The highest BCUT2D eigenvalue weighted by atomic mass is 79.9. The van der Waals surface area contributed by atoms with E-state index in [4.69, 9.17) is 4.74 Å². The van der Waals surface area contributed by atoms with Crippen LogP contribution >= 0.6 is 27.3 Å². The van der Waals surface area contributed by atoms with Gasteiger partial charge < -0.3 is 4.74 Å². The molecule has 0 bridgehead atoms. The van der Waals surface area contributed by atoms with Crippen LogP contribution in [0.25, 0.3) is 0 Å². The van der Waals surface area contributed by atoms with Gasteiger partial charge in [0.2, 0.25) is 0 Å². The molecule has 1 aromatic heterocycles. The first-order valence-corrected chi connectivity index (χ1v) is 5.81.